The zero-order valence-corrected chi connectivity index (χ0v) is 18.3. The summed E-state index contributed by atoms with van der Waals surface area (Å²) >= 11 is 0. The standard InChI is InChI=1S/C20H42O2Si/c1-10-17(11-2)16-23(21-8,22-9)20(13-4)18(5,6)14-15-19(20,7)12-3/h17H,10-16H2,1-9H3. The highest BCUT2D eigenvalue weighted by Gasteiger charge is 2.72. The fourth-order valence-corrected chi connectivity index (χ4v) is 12.0. The van der Waals surface area contributed by atoms with Gasteiger partial charge in [0.25, 0.3) is 0 Å². The van der Waals surface area contributed by atoms with E-state index in [9.17, 15) is 0 Å². The first kappa shape index (κ1) is 21.2. The van der Waals surface area contributed by atoms with Gasteiger partial charge in [0.1, 0.15) is 0 Å². The first-order chi connectivity index (χ1) is 10.7. The summed E-state index contributed by atoms with van der Waals surface area (Å²) in [7, 11) is 1.50. The van der Waals surface area contributed by atoms with E-state index in [1.165, 1.54) is 38.5 Å². The molecule has 0 N–H and O–H groups in total. The van der Waals surface area contributed by atoms with Crippen LogP contribution in [0.4, 0.5) is 0 Å². The quantitative estimate of drug-likeness (QED) is 0.443. The zero-order valence-electron chi connectivity index (χ0n) is 17.3. The van der Waals surface area contributed by atoms with Crippen molar-refractivity contribution in [1.29, 1.82) is 0 Å². The summed E-state index contributed by atoms with van der Waals surface area (Å²) < 4.78 is 12.9. The number of rotatable bonds is 9. The van der Waals surface area contributed by atoms with Crippen LogP contribution in [0.2, 0.25) is 11.1 Å². The SMILES string of the molecule is CCC(CC)C[Si](OC)(OC)C1(CC)C(C)(C)CCC1(C)CC. The van der Waals surface area contributed by atoms with Crippen LogP contribution in [-0.2, 0) is 8.85 Å². The van der Waals surface area contributed by atoms with Crippen molar-refractivity contribution in [3.8, 4) is 0 Å². The van der Waals surface area contributed by atoms with E-state index >= 15 is 0 Å². The monoisotopic (exact) mass is 342 g/mol. The molecule has 0 bridgehead atoms. The van der Waals surface area contributed by atoms with Crippen LogP contribution in [0.3, 0.4) is 0 Å². The molecule has 0 aliphatic heterocycles. The predicted octanol–water partition coefficient (Wildman–Crippen LogP) is 6.54. The van der Waals surface area contributed by atoms with Crippen LogP contribution in [0, 0.1) is 16.7 Å². The van der Waals surface area contributed by atoms with Gasteiger partial charge in [-0.25, -0.2) is 0 Å². The third-order valence-corrected chi connectivity index (χ3v) is 13.2. The lowest BCUT2D eigenvalue weighted by atomic mass is 9.67. The summed E-state index contributed by atoms with van der Waals surface area (Å²) in [6, 6.07) is 1.14. The van der Waals surface area contributed by atoms with Gasteiger partial charge in [0.15, 0.2) is 0 Å². The lowest BCUT2D eigenvalue weighted by molar-refractivity contribution is 0.0677. The number of hydrogen-bond acceptors (Lipinski definition) is 2. The fraction of sp³-hybridized carbons (Fsp3) is 1.00. The lowest BCUT2D eigenvalue weighted by Crippen LogP contribution is -2.62. The predicted molar refractivity (Wildman–Crippen MR) is 103 cm³/mol. The van der Waals surface area contributed by atoms with E-state index in [-0.39, 0.29) is 10.5 Å². The van der Waals surface area contributed by atoms with Crippen molar-refractivity contribution in [2.45, 2.75) is 98.1 Å². The average Bonchev–Trinajstić information content (AvgIpc) is 2.77. The van der Waals surface area contributed by atoms with E-state index in [1.54, 1.807) is 0 Å². The van der Waals surface area contributed by atoms with Gasteiger partial charge < -0.3 is 8.85 Å². The smallest absolute Gasteiger partial charge is 0.345 e. The molecule has 1 aliphatic rings. The second kappa shape index (κ2) is 7.57. The minimum atomic E-state index is -2.36. The normalized spacial score (nSPS) is 31.0. The molecule has 0 heterocycles. The van der Waals surface area contributed by atoms with E-state index < -0.39 is 8.56 Å². The Balaban J connectivity index is 3.55. The van der Waals surface area contributed by atoms with Crippen molar-refractivity contribution in [3.63, 3.8) is 0 Å². The van der Waals surface area contributed by atoms with Gasteiger partial charge in [-0.05, 0) is 42.1 Å². The first-order valence-electron chi connectivity index (χ1n) is 9.80. The molecule has 0 aromatic heterocycles. The molecular weight excluding hydrogens is 300 g/mol. The zero-order chi connectivity index (χ0) is 17.9. The molecule has 23 heavy (non-hydrogen) atoms. The van der Waals surface area contributed by atoms with Crippen molar-refractivity contribution >= 4 is 8.56 Å². The van der Waals surface area contributed by atoms with Gasteiger partial charge in [-0.15, -0.1) is 0 Å². The van der Waals surface area contributed by atoms with E-state index in [2.05, 4.69) is 48.5 Å². The molecule has 0 aromatic rings. The molecule has 0 saturated heterocycles. The van der Waals surface area contributed by atoms with E-state index in [4.69, 9.17) is 8.85 Å². The van der Waals surface area contributed by atoms with Gasteiger partial charge in [-0.3, -0.25) is 0 Å². The van der Waals surface area contributed by atoms with E-state index in [0.717, 1.165) is 6.04 Å². The Morgan fingerprint density at radius 2 is 1.39 bits per heavy atom. The summed E-state index contributed by atoms with van der Waals surface area (Å²) in [5, 5.41) is 0.174. The second-order valence-electron chi connectivity index (χ2n) is 8.60. The lowest BCUT2D eigenvalue weighted by Gasteiger charge is -2.58. The van der Waals surface area contributed by atoms with Crippen LogP contribution in [0.15, 0.2) is 0 Å². The Labute approximate surface area is 147 Å². The highest BCUT2D eigenvalue weighted by atomic mass is 28.4. The average molecular weight is 343 g/mol. The maximum Gasteiger partial charge on any atom is 0.345 e. The van der Waals surface area contributed by atoms with Crippen LogP contribution >= 0.6 is 0 Å². The molecule has 3 heteroatoms. The van der Waals surface area contributed by atoms with Gasteiger partial charge in [0.05, 0.1) is 0 Å². The molecule has 2 unspecified atom stereocenters. The summed E-state index contributed by atoms with van der Waals surface area (Å²) in [5.74, 6) is 0.711. The minimum absolute atomic E-state index is 0.174. The Hall–Kier alpha value is 0.137. The van der Waals surface area contributed by atoms with Crippen molar-refractivity contribution < 1.29 is 8.85 Å². The second-order valence-corrected chi connectivity index (χ2v) is 12.2. The van der Waals surface area contributed by atoms with Crippen molar-refractivity contribution in [1.82, 2.24) is 0 Å². The Morgan fingerprint density at radius 3 is 1.74 bits per heavy atom. The molecule has 138 valence electrons. The summed E-state index contributed by atoms with van der Waals surface area (Å²) in [5.41, 5.74) is 0.590. The van der Waals surface area contributed by atoms with Crippen molar-refractivity contribution in [2.24, 2.45) is 16.7 Å². The Kier molecular flexibility index (Phi) is 6.97. The third-order valence-electron chi connectivity index (χ3n) is 7.82. The largest absolute Gasteiger partial charge is 0.397 e. The van der Waals surface area contributed by atoms with Crippen LogP contribution in [-0.4, -0.2) is 22.8 Å². The molecule has 1 fully saturated rings. The molecule has 0 radical (unpaired) electrons. The molecule has 0 amide bonds. The van der Waals surface area contributed by atoms with Gasteiger partial charge in [0.2, 0.25) is 0 Å². The minimum Gasteiger partial charge on any atom is -0.397 e. The fourth-order valence-electron chi connectivity index (χ4n) is 6.19. The highest BCUT2D eigenvalue weighted by molar-refractivity contribution is 6.71. The van der Waals surface area contributed by atoms with Crippen LogP contribution in [0.25, 0.3) is 0 Å². The van der Waals surface area contributed by atoms with Crippen LogP contribution < -0.4 is 0 Å². The summed E-state index contributed by atoms with van der Waals surface area (Å²) in [6.45, 7) is 16.8. The van der Waals surface area contributed by atoms with Crippen LogP contribution in [0.1, 0.15) is 87.0 Å². The van der Waals surface area contributed by atoms with Crippen molar-refractivity contribution in [2.75, 3.05) is 14.2 Å². The van der Waals surface area contributed by atoms with E-state index in [0.29, 0.717) is 11.3 Å². The van der Waals surface area contributed by atoms with E-state index in [1.807, 2.05) is 14.2 Å². The topological polar surface area (TPSA) is 18.5 Å². The van der Waals surface area contributed by atoms with Crippen molar-refractivity contribution in [3.05, 3.63) is 0 Å². The van der Waals surface area contributed by atoms with Gasteiger partial charge >= 0.3 is 8.56 Å². The molecular formula is C20H42O2Si. The first-order valence-corrected chi connectivity index (χ1v) is 11.8. The molecule has 2 nitrogen and oxygen atoms in total. The molecule has 1 rings (SSSR count). The maximum atomic E-state index is 6.45. The third kappa shape index (κ3) is 2.95. The van der Waals surface area contributed by atoms with Gasteiger partial charge in [-0.2, -0.15) is 0 Å². The van der Waals surface area contributed by atoms with Crippen LogP contribution in [0.5, 0.6) is 0 Å². The molecule has 0 spiro atoms. The molecule has 0 aromatic carbocycles. The highest BCUT2D eigenvalue weighted by Crippen LogP contribution is 2.75. The van der Waals surface area contributed by atoms with Gasteiger partial charge in [0, 0.05) is 19.3 Å². The molecule has 1 saturated carbocycles. The maximum absolute atomic E-state index is 6.45. The van der Waals surface area contributed by atoms with Gasteiger partial charge in [-0.1, -0.05) is 67.7 Å². The molecule has 2 atom stereocenters. The molecule has 1 aliphatic carbocycles. The number of hydrogen-bond donors (Lipinski definition) is 0. The Bertz CT molecular complexity index is 374. The Morgan fingerprint density at radius 1 is 0.870 bits per heavy atom. The summed E-state index contributed by atoms with van der Waals surface area (Å²) in [4.78, 5) is 0. The summed E-state index contributed by atoms with van der Waals surface area (Å²) in [6.07, 6.45) is 7.42.